The van der Waals surface area contributed by atoms with E-state index in [0.717, 1.165) is 6.42 Å². The smallest absolute Gasteiger partial charge is 0.00443 e. The number of rotatable bonds is 4. The van der Waals surface area contributed by atoms with E-state index in [1.165, 1.54) is 11.1 Å². The van der Waals surface area contributed by atoms with E-state index in [1.54, 1.807) is 0 Å². The molecule has 102 valence electrons. The molecule has 2 atom stereocenters. The first-order valence-corrected chi connectivity index (χ1v) is 7.07. The van der Waals surface area contributed by atoms with Crippen molar-refractivity contribution in [2.45, 2.75) is 59.4 Å². The normalized spacial score (nSPS) is 15.8. The molecule has 0 aliphatic rings. The average Bonchev–Trinajstić information content (AvgIpc) is 2.24. The molecule has 1 rings (SSSR count). The lowest BCUT2D eigenvalue weighted by Crippen LogP contribution is -2.32. The number of nitrogens with two attached hydrogens (primary N) is 1. The Balaban J connectivity index is 2.80. The molecule has 0 aliphatic heterocycles. The molecule has 0 radical (unpaired) electrons. The Morgan fingerprint density at radius 1 is 1.00 bits per heavy atom. The second-order valence-corrected chi connectivity index (χ2v) is 6.92. The predicted molar refractivity (Wildman–Crippen MR) is 80.8 cm³/mol. The van der Waals surface area contributed by atoms with E-state index in [9.17, 15) is 0 Å². The fourth-order valence-corrected chi connectivity index (χ4v) is 2.44. The highest BCUT2D eigenvalue weighted by atomic mass is 14.6. The lowest BCUT2D eigenvalue weighted by atomic mass is 9.82. The molecule has 18 heavy (non-hydrogen) atoms. The molecule has 0 fully saturated rings. The van der Waals surface area contributed by atoms with Gasteiger partial charge >= 0.3 is 0 Å². The first kappa shape index (κ1) is 15.2. The minimum atomic E-state index is 0.233. The minimum absolute atomic E-state index is 0.233. The minimum Gasteiger partial charge on any atom is -0.328 e. The Bertz CT molecular complexity index is 346. The zero-order chi connectivity index (χ0) is 13.9. The Kier molecular flexibility index (Phi) is 4.98. The number of hydrogen-bond acceptors (Lipinski definition) is 1. The largest absolute Gasteiger partial charge is 0.328 e. The van der Waals surface area contributed by atoms with E-state index in [1.807, 2.05) is 0 Å². The summed E-state index contributed by atoms with van der Waals surface area (Å²) in [5, 5.41) is 0. The van der Waals surface area contributed by atoms with Crippen molar-refractivity contribution in [2.24, 2.45) is 17.6 Å². The molecule has 0 saturated carbocycles. The molecule has 0 aliphatic carbocycles. The van der Waals surface area contributed by atoms with Crippen molar-refractivity contribution in [3.8, 4) is 0 Å². The van der Waals surface area contributed by atoms with E-state index < -0.39 is 0 Å². The number of benzene rings is 1. The van der Waals surface area contributed by atoms with Crippen molar-refractivity contribution in [3.63, 3.8) is 0 Å². The lowest BCUT2D eigenvalue weighted by molar-refractivity contribution is 0.330. The van der Waals surface area contributed by atoms with Crippen molar-refractivity contribution >= 4 is 0 Å². The molecule has 0 amide bonds. The van der Waals surface area contributed by atoms with Crippen molar-refractivity contribution in [1.29, 1.82) is 0 Å². The molecule has 0 aromatic heterocycles. The Labute approximate surface area is 113 Å². The highest BCUT2D eigenvalue weighted by Crippen LogP contribution is 2.24. The van der Waals surface area contributed by atoms with Gasteiger partial charge in [0.05, 0.1) is 0 Å². The van der Waals surface area contributed by atoms with Gasteiger partial charge in [-0.3, -0.25) is 0 Å². The summed E-state index contributed by atoms with van der Waals surface area (Å²) in [7, 11) is 0. The molecule has 0 heterocycles. The molecule has 0 saturated heterocycles. The van der Waals surface area contributed by atoms with Crippen LogP contribution in [-0.4, -0.2) is 6.04 Å². The first-order chi connectivity index (χ1) is 8.21. The summed E-state index contributed by atoms with van der Waals surface area (Å²) in [5.74, 6) is 1.19. The first-order valence-electron chi connectivity index (χ1n) is 7.07. The van der Waals surface area contributed by atoms with Gasteiger partial charge in [-0.1, -0.05) is 58.9 Å². The Morgan fingerprint density at radius 2 is 1.50 bits per heavy atom. The zero-order valence-corrected chi connectivity index (χ0v) is 12.8. The van der Waals surface area contributed by atoms with Gasteiger partial charge in [0, 0.05) is 6.04 Å². The third-order valence-corrected chi connectivity index (χ3v) is 3.82. The van der Waals surface area contributed by atoms with Crippen LogP contribution in [0.4, 0.5) is 0 Å². The fourth-order valence-electron chi connectivity index (χ4n) is 2.44. The molecule has 1 heteroatoms. The third kappa shape index (κ3) is 4.13. The van der Waals surface area contributed by atoms with E-state index in [2.05, 4.69) is 65.8 Å². The van der Waals surface area contributed by atoms with E-state index in [4.69, 9.17) is 5.73 Å². The second kappa shape index (κ2) is 5.88. The monoisotopic (exact) mass is 247 g/mol. The summed E-state index contributed by atoms with van der Waals surface area (Å²) >= 11 is 0. The molecule has 2 N–H and O–H groups in total. The molecular formula is C17H29N. The molecule has 0 spiro atoms. The second-order valence-electron chi connectivity index (χ2n) is 6.92. The van der Waals surface area contributed by atoms with Crippen LogP contribution >= 0.6 is 0 Å². The Morgan fingerprint density at radius 3 is 1.83 bits per heavy atom. The zero-order valence-electron chi connectivity index (χ0n) is 12.8. The van der Waals surface area contributed by atoms with Crippen molar-refractivity contribution < 1.29 is 0 Å². The summed E-state index contributed by atoms with van der Waals surface area (Å²) in [5.41, 5.74) is 9.12. The maximum atomic E-state index is 6.08. The van der Waals surface area contributed by atoms with Crippen LogP contribution in [0.15, 0.2) is 24.3 Å². The van der Waals surface area contributed by atoms with Crippen LogP contribution in [0.25, 0.3) is 0 Å². The van der Waals surface area contributed by atoms with Crippen LogP contribution in [0.2, 0.25) is 0 Å². The quantitative estimate of drug-likeness (QED) is 0.850. The van der Waals surface area contributed by atoms with Crippen LogP contribution < -0.4 is 5.73 Å². The summed E-state index contributed by atoms with van der Waals surface area (Å²) < 4.78 is 0. The van der Waals surface area contributed by atoms with Crippen LogP contribution in [0.1, 0.15) is 52.7 Å². The van der Waals surface area contributed by atoms with E-state index >= 15 is 0 Å². The van der Waals surface area contributed by atoms with Crippen molar-refractivity contribution in [3.05, 3.63) is 35.4 Å². The van der Waals surface area contributed by atoms with Gasteiger partial charge in [0.15, 0.2) is 0 Å². The van der Waals surface area contributed by atoms with Gasteiger partial charge in [-0.25, -0.2) is 0 Å². The van der Waals surface area contributed by atoms with Crippen molar-refractivity contribution in [1.82, 2.24) is 0 Å². The SMILES string of the molecule is CC(C)C(Cc1ccc(C(C)(C)C)cc1)C(C)N. The van der Waals surface area contributed by atoms with Gasteiger partial charge in [-0.15, -0.1) is 0 Å². The van der Waals surface area contributed by atoms with Gasteiger partial charge < -0.3 is 5.73 Å². The van der Waals surface area contributed by atoms with Gasteiger partial charge in [-0.05, 0) is 41.7 Å². The van der Waals surface area contributed by atoms with E-state index in [-0.39, 0.29) is 11.5 Å². The maximum absolute atomic E-state index is 6.08. The molecule has 0 bridgehead atoms. The van der Waals surface area contributed by atoms with Crippen LogP contribution in [-0.2, 0) is 11.8 Å². The maximum Gasteiger partial charge on any atom is 0.00443 e. The van der Waals surface area contributed by atoms with Crippen LogP contribution in [0, 0.1) is 11.8 Å². The predicted octanol–water partition coefficient (Wildman–Crippen LogP) is 4.15. The van der Waals surface area contributed by atoms with Crippen LogP contribution in [0.5, 0.6) is 0 Å². The molecule has 1 nitrogen and oxygen atoms in total. The Hall–Kier alpha value is -0.820. The summed E-state index contributed by atoms with van der Waals surface area (Å²) in [6.45, 7) is 13.4. The molecule has 2 unspecified atom stereocenters. The summed E-state index contributed by atoms with van der Waals surface area (Å²) in [6.07, 6.45) is 1.08. The molecular weight excluding hydrogens is 218 g/mol. The standard InChI is InChI=1S/C17H29N/c1-12(2)16(13(3)18)11-14-7-9-15(10-8-14)17(4,5)6/h7-10,12-13,16H,11,18H2,1-6H3. The summed E-state index contributed by atoms with van der Waals surface area (Å²) in [6, 6.07) is 9.30. The molecule has 1 aromatic rings. The highest BCUT2D eigenvalue weighted by molar-refractivity contribution is 5.27. The third-order valence-electron chi connectivity index (χ3n) is 3.82. The number of hydrogen-bond donors (Lipinski definition) is 1. The highest BCUT2D eigenvalue weighted by Gasteiger charge is 2.19. The van der Waals surface area contributed by atoms with Crippen molar-refractivity contribution in [2.75, 3.05) is 0 Å². The lowest BCUT2D eigenvalue weighted by Gasteiger charge is -2.25. The van der Waals surface area contributed by atoms with Gasteiger partial charge in [0.25, 0.3) is 0 Å². The topological polar surface area (TPSA) is 26.0 Å². The average molecular weight is 247 g/mol. The van der Waals surface area contributed by atoms with Crippen LogP contribution in [0.3, 0.4) is 0 Å². The summed E-state index contributed by atoms with van der Waals surface area (Å²) in [4.78, 5) is 0. The van der Waals surface area contributed by atoms with E-state index in [0.29, 0.717) is 11.8 Å². The van der Waals surface area contributed by atoms with Gasteiger partial charge in [-0.2, -0.15) is 0 Å². The van der Waals surface area contributed by atoms with Gasteiger partial charge in [0.2, 0.25) is 0 Å². The molecule has 1 aromatic carbocycles. The fraction of sp³-hybridized carbons (Fsp3) is 0.647. The van der Waals surface area contributed by atoms with Gasteiger partial charge in [0.1, 0.15) is 0 Å².